The van der Waals surface area contributed by atoms with Crippen LogP contribution in [-0.2, 0) is 9.53 Å². The van der Waals surface area contributed by atoms with Crippen LogP contribution in [0.2, 0.25) is 5.02 Å². The van der Waals surface area contributed by atoms with Crippen LogP contribution in [0.5, 0.6) is 5.75 Å². The molecule has 0 spiro atoms. The zero-order valence-corrected chi connectivity index (χ0v) is 15.7. The molecule has 11 heteroatoms. The Morgan fingerprint density at radius 2 is 2.27 bits per heavy atom. The average Bonchev–Trinajstić information content (AvgIpc) is 2.61. The molecule has 0 aliphatic rings. The molecule has 2 rings (SSSR count). The number of nitrogens with one attached hydrogen (secondary N) is 1. The first-order valence-corrected chi connectivity index (χ1v) is 8.16. The van der Waals surface area contributed by atoms with Crippen molar-refractivity contribution >= 4 is 51.2 Å². The van der Waals surface area contributed by atoms with E-state index in [0.29, 0.717) is 21.6 Å². The summed E-state index contributed by atoms with van der Waals surface area (Å²) >= 11 is 9.45. The van der Waals surface area contributed by atoms with Crippen LogP contribution in [0.4, 0.5) is 11.5 Å². The van der Waals surface area contributed by atoms with Crippen LogP contribution in [-0.4, -0.2) is 35.8 Å². The van der Waals surface area contributed by atoms with Crippen molar-refractivity contribution in [3.8, 4) is 5.75 Å². The summed E-state index contributed by atoms with van der Waals surface area (Å²) < 4.78 is 10.3. The second-order valence-electron chi connectivity index (χ2n) is 4.71. The number of hydrogen-bond acceptors (Lipinski definition) is 8. The number of anilines is 1. The fourth-order valence-electron chi connectivity index (χ4n) is 1.72. The van der Waals surface area contributed by atoms with Crippen molar-refractivity contribution < 1.29 is 19.2 Å². The molecule has 9 nitrogen and oxygen atoms in total. The molecule has 1 N–H and O–H groups in total. The van der Waals surface area contributed by atoms with Gasteiger partial charge < -0.3 is 9.47 Å². The molecular weight excluding hydrogens is 432 g/mol. The van der Waals surface area contributed by atoms with Crippen LogP contribution >= 0.6 is 27.5 Å². The normalized spacial score (nSPS) is 10.6. The summed E-state index contributed by atoms with van der Waals surface area (Å²) in [6.07, 6.45) is 2.60. The predicted octanol–water partition coefficient (Wildman–Crippen LogP) is 3.40. The number of benzene rings is 1. The molecule has 0 amide bonds. The van der Waals surface area contributed by atoms with E-state index in [2.05, 4.69) is 36.2 Å². The highest BCUT2D eigenvalue weighted by Gasteiger charge is 2.11. The zero-order chi connectivity index (χ0) is 19.1. The maximum atomic E-state index is 11.1. The van der Waals surface area contributed by atoms with E-state index >= 15 is 0 Å². The van der Waals surface area contributed by atoms with E-state index < -0.39 is 10.9 Å². The molecule has 0 unspecified atom stereocenters. The number of rotatable bonds is 7. The topological polar surface area (TPSA) is 116 Å². The molecule has 0 atom stereocenters. The monoisotopic (exact) mass is 442 g/mol. The number of nitrogens with zero attached hydrogens (tertiary/aromatic N) is 3. The van der Waals surface area contributed by atoms with E-state index in [0.717, 1.165) is 6.20 Å². The lowest BCUT2D eigenvalue weighted by Crippen LogP contribution is -2.13. The van der Waals surface area contributed by atoms with E-state index in [4.69, 9.17) is 16.3 Å². The predicted molar refractivity (Wildman–Crippen MR) is 98.8 cm³/mol. The summed E-state index contributed by atoms with van der Waals surface area (Å²) in [5.74, 6) is 0.118. The maximum absolute atomic E-state index is 11.1. The van der Waals surface area contributed by atoms with E-state index in [1.54, 1.807) is 12.1 Å². The first-order chi connectivity index (χ1) is 12.4. The molecule has 0 aliphatic heterocycles. The van der Waals surface area contributed by atoms with Crippen LogP contribution in [0.15, 0.2) is 40.0 Å². The summed E-state index contributed by atoms with van der Waals surface area (Å²) in [6, 6.07) is 6.02. The average molecular weight is 444 g/mol. The van der Waals surface area contributed by atoms with Gasteiger partial charge in [0.05, 0.1) is 27.7 Å². The Balaban J connectivity index is 2.03. The van der Waals surface area contributed by atoms with Crippen molar-refractivity contribution in [1.82, 2.24) is 4.98 Å². The number of carbonyl (C=O) groups is 1. The third-order valence-corrected chi connectivity index (χ3v) is 3.80. The van der Waals surface area contributed by atoms with Crippen molar-refractivity contribution in [2.24, 2.45) is 5.10 Å². The number of nitro groups is 1. The lowest BCUT2D eigenvalue weighted by molar-refractivity contribution is -0.385. The van der Waals surface area contributed by atoms with Gasteiger partial charge in [0.15, 0.2) is 12.4 Å². The molecule has 0 fully saturated rings. The fraction of sp³-hybridized carbons (Fsp3) is 0.133. The summed E-state index contributed by atoms with van der Waals surface area (Å²) in [4.78, 5) is 25.0. The highest BCUT2D eigenvalue weighted by Crippen LogP contribution is 2.34. The number of methoxy groups -OCH3 is 1. The van der Waals surface area contributed by atoms with E-state index in [1.165, 1.54) is 25.5 Å². The van der Waals surface area contributed by atoms with Crippen LogP contribution in [0, 0.1) is 10.1 Å². The molecule has 0 saturated heterocycles. The summed E-state index contributed by atoms with van der Waals surface area (Å²) in [5.41, 5.74) is 3.17. The van der Waals surface area contributed by atoms with Gasteiger partial charge in [-0.1, -0.05) is 11.6 Å². The second kappa shape index (κ2) is 9.11. The molecule has 2 aromatic rings. The first-order valence-electron chi connectivity index (χ1n) is 6.99. The van der Waals surface area contributed by atoms with Gasteiger partial charge in [-0.05, 0) is 39.7 Å². The minimum atomic E-state index is -0.538. The lowest BCUT2D eigenvalue weighted by atomic mass is 10.2. The van der Waals surface area contributed by atoms with Crippen LogP contribution in [0.3, 0.4) is 0 Å². The lowest BCUT2D eigenvalue weighted by Gasteiger charge is -2.09. The van der Waals surface area contributed by atoms with Gasteiger partial charge in [-0.2, -0.15) is 5.10 Å². The molecule has 0 aliphatic carbocycles. The molecule has 0 radical (unpaired) electrons. The van der Waals surface area contributed by atoms with Crippen molar-refractivity contribution in [2.45, 2.75) is 0 Å². The quantitative estimate of drug-likeness (QED) is 0.302. The van der Waals surface area contributed by atoms with Gasteiger partial charge in [-0.25, -0.2) is 9.78 Å². The third-order valence-electron chi connectivity index (χ3n) is 2.93. The molecular formula is C15H12BrClN4O5. The summed E-state index contributed by atoms with van der Waals surface area (Å²) in [7, 11) is 1.26. The van der Waals surface area contributed by atoms with Gasteiger partial charge in [0.2, 0.25) is 0 Å². The highest BCUT2D eigenvalue weighted by atomic mass is 79.9. The van der Waals surface area contributed by atoms with Gasteiger partial charge in [-0.15, -0.1) is 0 Å². The molecule has 26 heavy (non-hydrogen) atoms. The van der Waals surface area contributed by atoms with Gasteiger partial charge in [0, 0.05) is 6.07 Å². The Hall–Kier alpha value is -2.72. The smallest absolute Gasteiger partial charge is 0.343 e. The Morgan fingerprint density at radius 1 is 1.50 bits per heavy atom. The van der Waals surface area contributed by atoms with Crippen molar-refractivity contribution in [3.05, 3.63) is 55.6 Å². The standard InChI is InChI=1S/C15H12BrClN4O5/c1-25-14(22)8-26-15-11(16)4-9(5-12(15)17)6-19-20-13-3-2-10(7-18-13)21(23)24/h2-7H,8H2,1H3,(H,18,20). The number of hydrazone groups is 1. The molecule has 0 bridgehead atoms. The first kappa shape index (κ1) is 19.6. The van der Waals surface area contributed by atoms with Crippen molar-refractivity contribution in [1.29, 1.82) is 0 Å². The van der Waals surface area contributed by atoms with Gasteiger partial charge in [0.1, 0.15) is 12.0 Å². The molecule has 1 aromatic carbocycles. The Labute approximate surface area is 161 Å². The van der Waals surface area contributed by atoms with E-state index in [9.17, 15) is 14.9 Å². The summed E-state index contributed by atoms with van der Waals surface area (Å²) in [6.45, 7) is -0.268. The number of pyridine rings is 1. The van der Waals surface area contributed by atoms with Crippen LogP contribution in [0.1, 0.15) is 5.56 Å². The zero-order valence-electron chi connectivity index (χ0n) is 13.3. The van der Waals surface area contributed by atoms with Gasteiger partial charge in [0.25, 0.3) is 5.69 Å². The second-order valence-corrected chi connectivity index (χ2v) is 5.97. The third kappa shape index (κ3) is 5.39. The number of esters is 1. The Morgan fingerprint density at radius 3 is 2.85 bits per heavy atom. The number of hydrogen-bond donors (Lipinski definition) is 1. The van der Waals surface area contributed by atoms with Gasteiger partial charge in [-0.3, -0.25) is 15.5 Å². The van der Waals surface area contributed by atoms with Gasteiger partial charge >= 0.3 is 5.97 Å². The van der Waals surface area contributed by atoms with Crippen LogP contribution < -0.4 is 10.2 Å². The van der Waals surface area contributed by atoms with Crippen LogP contribution in [0.25, 0.3) is 0 Å². The molecule has 136 valence electrons. The molecule has 0 saturated carbocycles. The minimum Gasteiger partial charge on any atom is -0.479 e. The molecule has 1 aromatic heterocycles. The minimum absolute atomic E-state index is 0.113. The summed E-state index contributed by atoms with van der Waals surface area (Å²) in [5, 5.41) is 14.8. The molecule has 1 heterocycles. The number of carbonyl (C=O) groups excluding carboxylic acids is 1. The highest BCUT2D eigenvalue weighted by molar-refractivity contribution is 9.10. The maximum Gasteiger partial charge on any atom is 0.343 e. The Kier molecular flexibility index (Phi) is 6.87. The fourth-order valence-corrected chi connectivity index (χ4v) is 2.70. The number of halogens is 2. The van der Waals surface area contributed by atoms with Crippen molar-refractivity contribution in [3.63, 3.8) is 0 Å². The number of aromatic nitrogens is 1. The largest absolute Gasteiger partial charge is 0.479 e. The van der Waals surface area contributed by atoms with Crippen molar-refractivity contribution in [2.75, 3.05) is 19.1 Å². The SMILES string of the molecule is COC(=O)COc1c(Cl)cc(C=NNc2ccc([N+](=O)[O-])cn2)cc1Br. The van der Waals surface area contributed by atoms with E-state index in [-0.39, 0.29) is 17.3 Å². The number of ether oxygens (including phenoxy) is 2. The van der Waals surface area contributed by atoms with E-state index in [1.807, 2.05) is 0 Å². The Bertz CT molecular complexity index is 821.